The summed E-state index contributed by atoms with van der Waals surface area (Å²) in [4.78, 5) is 14.1. The Balaban J connectivity index is 0.00000400. The maximum Gasteiger partial charge on any atom is 0.227 e. The van der Waals surface area contributed by atoms with Crippen molar-refractivity contribution in [3.05, 3.63) is 66.7 Å². The van der Waals surface area contributed by atoms with E-state index in [1.54, 1.807) is 42.6 Å². The van der Waals surface area contributed by atoms with E-state index in [4.69, 9.17) is 14.2 Å². The van der Waals surface area contributed by atoms with Crippen molar-refractivity contribution in [2.75, 3.05) is 56.7 Å². The maximum absolute atomic E-state index is 9.61. The number of hydrogen-bond acceptors (Lipinski definition) is 11. The molecule has 0 amide bonds. The van der Waals surface area contributed by atoms with Gasteiger partial charge in [0.2, 0.25) is 5.95 Å². The number of anilines is 3. The smallest absolute Gasteiger partial charge is 0.227 e. The quantitative estimate of drug-likeness (QED) is 0.271. The molecule has 0 radical (unpaired) electrons. The molecule has 236 valence electrons. The third kappa shape index (κ3) is 7.83. The first-order valence-corrected chi connectivity index (χ1v) is 15.0. The highest BCUT2D eigenvalue weighted by Crippen LogP contribution is 2.33. The summed E-state index contributed by atoms with van der Waals surface area (Å²) >= 11 is 0. The van der Waals surface area contributed by atoms with Gasteiger partial charge in [-0.05, 0) is 49.6 Å². The van der Waals surface area contributed by atoms with Crippen LogP contribution < -0.4 is 19.7 Å². The first kappa shape index (κ1) is 32.0. The number of benzene rings is 2. The standard InChI is InChI=1S/C32H37N9O3.H2S/c1-23(22-41-12-9-36-38-41)44-30-17-24(3-4-25(30)19-33)26-20-34-32(35-21-26)37-29-6-5-28(18-31(29)42-2)39-10-7-27(8-11-39)40-13-15-43-16-14-40;/h3-6,9,12,17-18,20-21,23,27H,7-8,10-11,13-16,22H2,1-2H3,(H,34,35,37);1H2/t23-;/m0./s1. The van der Waals surface area contributed by atoms with Crippen LogP contribution in [-0.4, -0.2) is 88.5 Å². The lowest BCUT2D eigenvalue weighted by atomic mass is 10.0. The van der Waals surface area contributed by atoms with Crippen molar-refractivity contribution < 1.29 is 14.2 Å². The molecule has 2 aliphatic heterocycles. The largest absolute Gasteiger partial charge is 0.494 e. The average Bonchev–Trinajstić information content (AvgIpc) is 3.58. The lowest BCUT2D eigenvalue weighted by Gasteiger charge is -2.40. The first-order chi connectivity index (χ1) is 21.6. The van der Waals surface area contributed by atoms with Gasteiger partial charge in [-0.25, -0.2) is 14.6 Å². The Kier molecular flexibility index (Phi) is 10.7. The molecule has 2 aromatic carbocycles. The van der Waals surface area contributed by atoms with Gasteiger partial charge in [-0.15, -0.1) is 5.10 Å². The second-order valence-electron chi connectivity index (χ2n) is 11.0. The van der Waals surface area contributed by atoms with E-state index in [-0.39, 0.29) is 19.6 Å². The molecular formula is C32H39N9O3S. The second-order valence-corrected chi connectivity index (χ2v) is 11.0. The summed E-state index contributed by atoms with van der Waals surface area (Å²) in [5, 5.41) is 20.7. The molecule has 4 heterocycles. The Morgan fingerprint density at radius 1 is 1.02 bits per heavy atom. The van der Waals surface area contributed by atoms with Gasteiger partial charge in [-0.3, -0.25) is 4.90 Å². The van der Waals surface area contributed by atoms with E-state index in [9.17, 15) is 5.26 Å². The van der Waals surface area contributed by atoms with Gasteiger partial charge < -0.3 is 24.4 Å². The van der Waals surface area contributed by atoms with Gasteiger partial charge in [0.25, 0.3) is 0 Å². The van der Waals surface area contributed by atoms with Crippen LogP contribution in [0.25, 0.3) is 11.1 Å². The van der Waals surface area contributed by atoms with Crippen molar-refractivity contribution in [2.45, 2.75) is 38.5 Å². The Hall–Kier alpha value is -4.38. The number of morpholine rings is 1. The fourth-order valence-electron chi connectivity index (χ4n) is 5.81. The molecule has 0 bridgehead atoms. The number of ether oxygens (including phenoxy) is 3. The fourth-order valence-corrected chi connectivity index (χ4v) is 5.81. The highest BCUT2D eigenvalue weighted by molar-refractivity contribution is 7.59. The van der Waals surface area contributed by atoms with Gasteiger partial charge in [0.1, 0.15) is 23.7 Å². The van der Waals surface area contributed by atoms with E-state index in [0.717, 1.165) is 80.5 Å². The number of methoxy groups -OCH3 is 1. The van der Waals surface area contributed by atoms with Crippen LogP contribution in [0.2, 0.25) is 0 Å². The third-order valence-corrected chi connectivity index (χ3v) is 8.15. The summed E-state index contributed by atoms with van der Waals surface area (Å²) in [5.41, 5.74) is 4.05. The van der Waals surface area contributed by atoms with E-state index in [1.807, 2.05) is 25.1 Å². The van der Waals surface area contributed by atoms with Crippen LogP contribution in [-0.2, 0) is 11.3 Å². The summed E-state index contributed by atoms with van der Waals surface area (Å²) in [6.07, 6.45) is 8.97. The monoisotopic (exact) mass is 629 g/mol. The Morgan fingerprint density at radius 3 is 2.49 bits per heavy atom. The number of nitrogens with one attached hydrogen (secondary N) is 1. The molecule has 2 aliphatic rings. The van der Waals surface area contributed by atoms with Crippen molar-refractivity contribution in [1.29, 1.82) is 5.26 Å². The summed E-state index contributed by atoms with van der Waals surface area (Å²) in [6.45, 7) is 8.23. The molecule has 4 aromatic rings. The molecule has 13 heteroatoms. The lowest BCUT2D eigenvalue weighted by molar-refractivity contribution is 0.0115. The summed E-state index contributed by atoms with van der Waals surface area (Å²) in [7, 11) is 1.68. The van der Waals surface area contributed by atoms with Crippen LogP contribution in [0, 0.1) is 11.3 Å². The predicted octanol–water partition coefficient (Wildman–Crippen LogP) is 4.24. The molecule has 1 atom stereocenters. The molecule has 45 heavy (non-hydrogen) atoms. The number of piperidine rings is 1. The summed E-state index contributed by atoms with van der Waals surface area (Å²) < 4.78 is 19.1. The molecule has 2 saturated heterocycles. The van der Waals surface area contributed by atoms with E-state index >= 15 is 0 Å². The van der Waals surface area contributed by atoms with Crippen molar-refractivity contribution in [2.24, 2.45) is 0 Å². The van der Waals surface area contributed by atoms with Crippen molar-refractivity contribution in [3.63, 3.8) is 0 Å². The molecule has 12 nitrogen and oxygen atoms in total. The van der Waals surface area contributed by atoms with Gasteiger partial charge in [0, 0.05) is 68.1 Å². The lowest BCUT2D eigenvalue weighted by Crippen LogP contribution is -2.49. The SMILES string of the molecule is COc1cc(N2CCC(N3CCOCC3)CC2)ccc1Nc1ncc(-c2ccc(C#N)c(O[C@@H](C)Cn3ccnn3)c2)cn1.S. The highest BCUT2D eigenvalue weighted by atomic mass is 32.1. The number of rotatable bonds is 10. The summed E-state index contributed by atoms with van der Waals surface area (Å²) in [5.74, 6) is 1.69. The minimum Gasteiger partial charge on any atom is -0.494 e. The van der Waals surface area contributed by atoms with Crippen LogP contribution in [0.15, 0.2) is 61.2 Å². The molecular weight excluding hydrogens is 590 g/mol. The Bertz CT molecular complexity index is 1570. The normalized spacial score (nSPS) is 16.3. The minimum absolute atomic E-state index is 0. The number of nitriles is 1. The van der Waals surface area contributed by atoms with Crippen LogP contribution >= 0.6 is 13.5 Å². The van der Waals surface area contributed by atoms with Gasteiger partial charge in [-0.2, -0.15) is 18.8 Å². The van der Waals surface area contributed by atoms with Gasteiger partial charge >= 0.3 is 0 Å². The molecule has 0 saturated carbocycles. The molecule has 2 aromatic heterocycles. The molecule has 6 rings (SSSR count). The topological polar surface area (TPSA) is 126 Å². The van der Waals surface area contributed by atoms with Crippen molar-refractivity contribution >= 4 is 30.8 Å². The van der Waals surface area contributed by atoms with Gasteiger partial charge in [-0.1, -0.05) is 11.3 Å². The predicted molar refractivity (Wildman–Crippen MR) is 177 cm³/mol. The molecule has 0 aliphatic carbocycles. The molecule has 0 spiro atoms. The first-order valence-electron chi connectivity index (χ1n) is 15.0. The average molecular weight is 630 g/mol. The Labute approximate surface area is 270 Å². The maximum atomic E-state index is 9.61. The number of aromatic nitrogens is 5. The zero-order valence-corrected chi connectivity index (χ0v) is 26.6. The highest BCUT2D eigenvalue weighted by Gasteiger charge is 2.26. The van der Waals surface area contributed by atoms with Crippen LogP contribution in [0.1, 0.15) is 25.3 Å². The summed E-state index contributed by atoms with van der Waals surface area (Å²) in [6, 6.07) is 14.5. The Morgan fingerprint density at radius 2 is 1.80 bits per heavy atom. The van der Waals surface area contributed by atoms with Crippen LogP contribution in [0.4, 0.5) is 17.3 Å². The molecule has 0 unspecified atom stereocenters. The fraction of sp³-hybridized carbons (Fsp3) is 0.406. The zero-order valence-electron chi connectivity index (χ0n) is 25.6. The van der Waals surface area contributed by atoms with Gasteiger partial charge in [0.15, 0.2) is 0 Å². The van der Waals surface area contributed by atoms with E-state index in [0.29, 0.717) is 29.8 Å². The number of nitrogens with zero attached hydrogens (tertiary/aromatic N) is 8. The molecule has 1 N–H and O–H groups in total. The zero-order chi connectivity index (χ0) is 30.3. The van der Waals surface area contributed by atoms with E-state index < -0.39 is 0 Å². The van der Waals surface area contributed by atoms with Crippen molar-refractivity contribution in [3.8, 4) is 28.7 Å². The van der Waals surface area contributed by atoms with Gasteiger partial charge in [0.05, 0.1) is 44.3 Å². The third-order valence-electron chi connectivity index (χ3n) is 8.15. The number of hydrogen-bond donors (Lipinski definition) is 1. The van der Waals surface area contributed by atoms with E-state index in [2.05, 4.69) is 53.6 Å². The molecule has 2 fully saturated rings. The van der Waals surface area contributed by atoms with E-state index in [1.165, 1.54) is 0 Å². The van der Waals surface area contributed by atoms with Crippen LogP contribution in [0.5, 0.6) is 11.5 Å². The van der Waals surface area contributed by atoms with Crippen molar-refractivity contribution in [1.82, 2.24) is 29.9 Å². The second kappa shape index (κ2) is 15.1. The van der Waals surface area contributed by atoms with Crippen LogP contribution in [0.3, 0.4) is 0 Å². The minimum atomic E-state index is -0.217.